The van der Waals surface area contributed by atoms with Gasteiger partial charge in [0.25, 0.3) is 5.91 Å². The largest absolute Gasteiger partial charge is 0.490 e. The number of amides is 1. The number of esters is 1. The lowest BCUT2D eigenvalue weighted by molar-refractivity contribution is -0.121. The molecule has 0 radical (unpaired) electrons. The van der Waals surface area contributed by atoms with E-state index >= 15 is 0 Å². The third-order valence-corrected chi connectivity index (χ3v) is 6.64. The summed E-state index contributed by atoms with van der Waals surface area (Å²) in [6.45, 7) is 4.88. The molecule has 0 spiro atoms. The van der Waals surface area contributed by atoms with E-state index < -0.39 is 5.97 Å². The molecule has 1 saturated heterocycles. The summed E-state index contributed by atoms with van der Waals surface area (Å²) in [5.74, 6) is 0.647. The van der Waals surface area contributed by atoms with Gasteiger partial charge < -0.3 is 14.2 Å². The topological polar surface area (TPSA) is 77.4 Å². The Morgan fingerprint density at radius 3 is 2.54 bits per heavy atom. The quantitative estimate of drug-likeness (QED) is 0.270. The monoisotopic (exact) mass is 516 g/mol. The van der Waals surface area contributed by atoms with Gasteiger partial charge in [0.1, 0.15) is 6.61 Å². The second-order valence-electron chi connectivity index (χ2n) is 8.32. The Morgan fingerprint density at radius 2 is 1.81 bits per heavy atom. The minimum atomic E-state index is -0.442. The normalized spacial score (nSPS) is 15.4. The zero-order valence-corrected chi connectivity index (χ0v) is 22.0. The van der Waals surface area contributed by atoms with Crippen LogP contribution in [0, 0.1) is 6.92 Å². The molecular formula is C29H28N2O5S. The van der Waals surface area contributed by atoms with Crippen LogP contribution in [0.4, 0.5) is 5.69 Å². The van der Waals surface area contributed by atoms with Crippen LogP contribution in [0.5, 0.6) is 11.5 Å². The van der Waals surface area contributed by atoms with E-state index in [4.69, 9.17) is 14.2 Å². The van der Waals surface area contributed by atoms with Crippen LogP contribution < -0.4 is 9.47 Å². The number of carbonyl (C=O) groups is 2. The summed E-state index contributed by atoms with van der Waals surface area (Å²) in [4.78, 5) is 31.3. The number of nitrogens with zero attached hydrogens (tertiary/aromatic N) is 2. The summed E-state index contributed by atoms with van der Waals surface area (Å²) in [5.41, 5.74) is 4.03. The molecule has 1 fully saturated rings. The number of hydrogen-bond donors (Lipinski definition) is 0. The molecule has 190 valence electrons. The van der Waals surface area contributed by atoms with Crippen LogP contribution in [0.2, 0.25) is 0 Å². The first-order chi connectivity index (χ1) is 17.9. The maximum atomic E-state index is 12.9. The first-order valence-corrected chi connectivity index (χ1v) is 12.6. The number of aliphatic imine (C=N–C) groups is 1. The van der Waals surface area contributed by atoms with Gasteiger partial charge in [-0.15, -0.1) is 0 Å². The molecule has 1 aliphatic rings. The van der Waals surface area contributed by atoms with Gasteiger partial charge in [0, 0.05) is 7.05 Å². The summed E-state index contributed by atoms with van der Waals surface area (Å²) in [6.07, 6.45) is 1.81. The van der Waals surface area contributed by atoms with E-state index in [2.05, 4.69) is 17.1 Å². The zero-order chi connectivity index (χ0) is 26.4. The highest BCUT2D eigenvalue weighted by Gasteiger charge is 2.30. The van der Waals surface area contributed by atoms with Crippen LogP contribution in [-0.2, 0) is 16.1 Å². The molecule has 1 heterocycles. The van der Waals surface area contributed by atoms with Gasteiger partial charge in [-0.05, 0) is 73.1 Å². The first kappa shape index (κ1) is 26.0. The number of carbonyl (C=O) groups excluding carboxylic acids is 2. The fraction of sp³-hybridized carbons (Fsp3) is 0.207. The lowest BCUT2D eigenvalue weighted by Gasteiger charge is -2.13. The number of aryl methyl sites for hydroxylation is 1. The molecule has 0 N–H and O–H groups in total. The van der Waals surface area contributed by atoms with Crippen LogP contribution in [0.3, 0.4) is 0 Å². The van der Waals surface area contributed by atoms with E-state index in [1.165, 1.54) is 29.3 Å². The Hall–Kier alpha value is -4.04. The third-order valence-electron chi connectivity index (χ3n) is 5.58. The number of rotatable bonds is 8. The van der Waals surface area contributed by atoms with Gasteiger partial charge in [-0.3, -0.25) is 9.69 Å². The average molecular weight is 517 g/mol. The van der Waals surface area contributed by atoms with Gasteiger partial charge in [0.05, 0.1) is 29.9 Å². The van der Waals surface area contributed by atoms with E-state index in [0.29, 0.717) is 46.0 Å². The van der Waals surface area contributed by atoms with Crippen LogP contribution >= 0.6 is 11.8 Å². The van der Waals surface area contributed by atoms with Gasteiger partial charge in [-0.1, -0.05) is 42.0 Å². The Morgan fingerprint density at radius 1 is 1.03 bits per heavy atom. The number of likely N-dealkylation sites (N-methyl/N-ethyl adjacent to an activating group) is 1. The number of ether oxygens (including phenoxy) is 3. The molecule has 0 aliphatic carbocycles. The predicted octanol–water partition coefficient (Wildman–Crippen LogP) is 5.99. The van der Waals surface area contributed by atoms with Crippen molar-refractivity contribution in [1.29, 1.82) is 0 Å². The van der Waals surface area contributed by atoms with Crippen LogP contribution in [0.15, 0.2) is 76.6 Å². The van der Waals surface area contributed by atoms with Crippen LogP contribution in [-0.4, -0.2) is 42.7 Å². The lowest BCUT2D eigenvalue weighted by Crippen LogP contribution is -2.23. The molecule has 7 nitrogen and oxygen atoms in total. The van der Waals surface area contributed by atoms with E-state index in [9.17, 15) is 9.59 Å². The van der Waals surface area contributed by atoms with Crippen molar-refractivity contribution in [3.63, 3.8) is 0 Å². The van der Waals surface area contributed by atoms with Crippen molar-refractivity contribution in [3.05, 3.63) is 93.9 Å². The SMILES string of the molecule is CCOc1cc(C=C2SC(=Nc3cccc(C(=O)OC)c3)N(C)C2=O)ccc1OCc1ccc(C)cc1. The van der Waals surface area contributed by atoms with Crippen LogP contribution in [0.1, 0.15) is 34.0 Å². The summed E-state index contributed by atoms with van der Waals surface area (Å²) in [6, 6.07) is 20.6. The maximum absolute atomic E-state index is 12.9. The van der Waals surface area contributed by atoms with Gasteiger partial charge in [-0.25, -0.2) is 9.79 Å². The fourth-order valence-corrected chi connectivity index (χ4v) is 4.57. The van der Waals surface area contributed by atoms with E-state index in [-0.39, 0.29) is 5.91 Å². The Labute approximate surface area is 220 Å². The molecule has 4 rings (SSSR count). The minimum Gasteiger partial charge on any atom is -0.490 e. The van der Waals surface area contributed by atoms with Gasteiger partial charge >= 0.3 is 5.97 Å². The summed E-state index contributed by atoms with van der Waals surface area (Å²) in [7, 11) is 3.00. The fourth-order valence-electron chi connectivity index (χ4n) is 3.58. The van der Waals surface area contributed by atoms with Gasteiger partial charge in [-0.2, -0.15) is 0 Å². The molecule has 3 aromatic carbocycles. The number of methoxy groups -OCH3 is 1. The molecule has 0 unspecified atom stereocenters. The van der Waals surface area contributed by atoms with E-state index in [0.717, 1.165) is 11.1 Å². The standard InChI is InChI=1S/C29H28N2O5S/c1-5-35-25-15-21(13-14-24(25)36-18-20-11-9-19(2)10-12-20)16-26-27(32)31(3)29(37-26)30-23-8-6-7-22(17-23)28(33)34-4/h6-17H,5,18H2,1-4H3. The minimum absolute atomic E-state index is 0.162. The van der Waals surface area contributed by atoms with Crippen molar-refractivity contribution in [2.24, 2.45) is 4.99 Å². The highest BCUT2D eigenvalue weighted by atomic mass is 32.2. The van der Waals surface area contributed by atoms with Crippen molar-refractivity contribution in [2.45, 2.75) is 20.5 Å². The summed E-state index contributed by atoms with van der Waals surface area (Å²) in [5, 5.41) is 0.515. The Balaban J connectivity index is 1.54. The number of amidine groups is 1. The molecule has 1 amide bonds. The van der Waals surface area contributed by atoms with Crippen molar-refractivity contribution in [2.75, 3.05) is 20.8 Å². The predicted molar refractivity (Wildman–Crippen MR) is 146 cm³/mol. The van der Waals surface area contributed by atoms with Crippen molar-refractivity contribution in [3.8, 4) is 11.5 Å². The molecule has 0 saturated carbocycles. The lowest BCUT2D eigenvalue weighted by atomic mass is 10.1. The molecule has 37 heavy (non-hydrogen) atoms. The Kier molecular flexibility index (Phi) is 8.30. The molecule has 1 aliphatic heterocycles. The number of benzene rings is 3. The molecule has 8 heteroatoms. The average Bonchev–Trinajstić information content (AvgIpc) is 3.16. The Bertz CT molecular complexity index is 1360. The summed E-state index contributed by atoms with van der Waals surface area (Å²) < 4.78 is 16.6. The highest BCUT2D eigenvalue weighted by Crippen LogP contribution is 2.35. The molecular weight excluding hydrogens is 488 g/mol. The smallest absolute Gasteiger partial charge is 0.337 e. The number of thioether (sulfide) groups is 1. The zero-order valence-electron chi connectivity index (χ0n) is 21.2. The van der Waals surface area contributed by atoms with Crippen molar-refractivity contribution in [1.82, 2.24) is 4.90 Å². The molecule has 0 atom stereocenters. The van der Waals surface area contributed by atoms with Crippen LogP contribution in [0.25, 0.3) is 6.08 Å². The molecule has 0 aromatic heterocycles. The third kappa shape index (κ3) is 6.40. The van der Waals surface area contributed by atoms with Gasteiger partial charge in [0.2, 0.25) is 0 Å². The first-order valence-electron chi connectivity index (χ1n) is 11.8. The van der Waals surface area contributed by atoms with Gasteiger partial charge in [0.15, 0.2) is 16.7 Å². The second-order valence-corrected chi connectivity index (χ2v) is 9.33. The highest BCUT2D eigenvalue weighted by molar-refractivity contribution is 8.18. The second kappa shape index (κ2) is 11.8. The van der Waals surface area contributed by atoms with Crippen molar-refractivity contribution >= 4 is 40.6 Å². The van der Waals surface area contributed by atoms with E-state index in [1.807, 2.05) is 50.3 Å². The maximum Gasteiger partial charge on any atom is 0.337 e. The molecule has 3 aromatic rings. The molecule has 0 bridgehead atoms. The summed E-state index contributed by atoms with van der Waals surface area (Å²) >= 11 is 1.27. The number of hydrogen-bond acceptors (Lipinski definition) is 7. The van der Waals surface area contributed by atoms with Crippen molar-refractivity contribution < 1.29 is 23.8 Å². The van der Waals surface area contributed by atoms with E-state index in [1.54, 1.807) is 31.3 Å².